The van der Waals surface area contributed by atoms with Crippen LogP contribution in [-0.4, -0.2) is 27.1 Å². The van der Waals surface area contributed by atoms with Crippen LogP contribution in [0.15, 0.2) is 49.1 Å². The fourth-order valence-electron chi connectivity index (χ4n) is 1.93. The Hall–Kier alpha value is -1.56. The topological polar surface area (TPSA) is 48.5 Å². The third kappa shape index (κ3) is 10.3. The van der Waals surface area contributed by atoms with Gasteiger partial charge in [0.15, 0.2) is 6.29 Å². The Kier molecular flexibility index (Phi) is 18.5. The second-order valence-electron chi connectivity index (χ2n) is 4.63. The second kappa shape index (κ2) is 16.3. The Bertz CT molecular complexity index is 435. The maximum atomic E-state index is 8.39. The van der Waals surface area contributed by atoms with Gasteiger partial charge in [-0.2, -0.15) is 0 Å². The Balaban J connectivity index is -0.000000354. The zero-order chi connectivity index (χ0) is 14.0. The van der Waals surface area contributed by atoms with E-state index in [9.17, 15) is 0 Å². The molecule has 0 saturated carbocycles. The highest BCUT2D eigenvalue weighted by Crippen LogP contribution is 2.13. The van der Waals surface area contributed by atoms with Gasteiger partial charge in [-0.25, -0.2) is 0 Å². The summed E-state index contributed by atoms with van der Waals surface area (Å²) in [5.74, 6) is 0. The lowest BCUT2D eigenvalue weighted by Crippen LogP contribution is -2.23. The van der Waals surface area contributed by atoms with E-state index in [-0.39, 0.29) is 42.7 Å². The van der Waals surface area contributed by atoms with Gasteiger partial charge in [-0.3, -0.25) is 0 Å². The van der Waals surface area contributed by atoms with Gasteiger partial charge in [0.05, 0.1) is 0 Å². The molecule has 142 valence electrons. The molecule has 2 aromatic heterocycles. The van der Waals surface area contributed by atoms with Gasteiger partial charge < -0.3 is 23.7 Å². The van der Waals surface area contributed by atoms with Gasteiger partial charge >= 0.3 is 0 Å². The molecule has 1 fully saturated rings. The lowest BCUT2D eigenvalue weighted by atomic mass is 10.2. The third-order valence-electron chi connectivity index (χ3n) is 3.04. The first-order valence-electron chi connectivity index (χ1n) is 6.94. The van der Waals surface area contributed by atoms with Gasteiger partial charge in [-0.15, -0.1) is 0 Å². The SMILES string of the molecule is C.C.C.C.OCn1cccc1.c1ccn(COC2CCCCO2)c1. The summed E-state index contributed by atoms with van der Waals surface area (Å²) < 4.78 is 14.7. The van der Waals surface area contributed by atoms with Crippen molar-refractivity contribution in [2.45, 2.75) is 68.7 Å². The number of hydrogen-bond acceptors (Lipinski definition) is 3. The summed E-state index contributed by atoms with van der Waals surface area (Å²) in [5, 5.41) is 8.39. The summed E-state index contributed by atoms with van der Waals surface area (Å²) in [6.07, 6.45) is 11.0. The van der Waals surface area contributed by atoms with E-state index in [1.807, 2.05) is 41.2 Å². The molecule has 1 unspecified atom stereocenters. The molecule has 0 aromatic carbocycles. The van der Waals surface area contributed by atoms with Gasteiger partial charge in [0.25, 0.3) is 0 Å². The average Bonchev–Trinajstić information content (AvgIpc) is 3.20. The van der Waals surface area contributed by atoms with E-state index in [2.05, 4.69) is 0 Å². The highest BCUT2D eigenvalue weighted by atomic mass is 16.7. The first kappa shape index (κ1) is 27.3. The summed E-state index contributed by atoms with van der Waals surface area (Å²) in [7, 11) is 0. The Morgan fingerprint density at radius 2 is 1.42 bits per heavy atom. The van der Waals surface area contributed by atoms with Gasteiger partial charge in [0.2, 0.25) is 0 Å². The highest BCUT2D eigenvalue weighted by Gasteiger charge is 2.13. The van der Waals surface area contributed by atoms with E-state index in [0.717, 1.165) is 13.0 Å². The average molecular weight is 343 g/mol. The van der Waals surface area contributed by atoms with Crippen LogP contribution >= 0.6 is 0 Å². The molecular formula is C19H38N2O3. The molecule has 0 bridgehead atoms. The van der Waals surface area contributed by atoms with Crippen molar-refractivity contribution < 1.29 is 14.6 Å². The molecular weight excluding hydrogens is 304 g/mol. The van der Waals surface area contributed by atoms with Crippen LogP contribution in [0.5, 0.6) is 0 Å². The van der Waals surface area contributed by atoms with Gasteiger partial charge in [-0.1, -0.05) is 29.7 Å². The largest absolute Gasteiger partial charge is 0.376 e. The van der Waals surface area contributed by atoms with E-state index in [4.69, 9.17) is 14.6 Å². The van der Waals surface area contributed by atoms with E-state index < -0.39 is 0 Å². The van der Waals surface area contributed by atoms with Crippen molar-refractivity contribution in [3.8, 4) is 0 Å². The Morgan fingerprint density at radius 3 is 1.83 bits per heavy atom. The lowest BCUT2D eigenvalue weighted by Gasteiger charge is -2.22. The minimum atomic E-state index is 0. The molecule has 1 saturated heterocycles. The standard InChI is InChI=1S/C10H15NO2.C5H7NO.4CH4/c1-4-8-12-10(5-1)13-9-11-6-2-3-7-11;7-5-6-3-1-2-4-6;;;;/h2-3,6-7,10H,1,4-5,8-9H2;1-4,7H,5H2;4*1H4. The number of nitrogens with zero attached hydrogens (tertiary/aromatic N) is 2. The monoisotopic (exact) mass is 342 g/mol. The van der Waals surface area contributed by atoms with Crippen molar-refractivity contribution >= 4 is 0 Å². The van der Waals surface area contributed by atoms with Gasteiger partial charge in [-0.05, 0) is 43.5 Å². The number of aromatic nitrogens is 2. The molecule has 0 aliphatic carbocycles. The maximum absolute atomic E-state index is 8.39. The minimum Gasteiger partial charge on any atom is -0.376 e. The summed E-state index contributed by atoms with van der Waals surface area (Å²) in [4.78, 5) is 0. The number of aliphatic hydroxyl groups is 1. The van der Waals surface area contributed by atoms with Crippen LogP contribution in [-0.2, 0) is 22.9 Å². The van der Waals surface area contributed by atoms with Crippen LogP contribution in [0.4, 0.5) is 0 Å². The first-order valence-corrected chi connectivity index (χ1v) is 6.94. The molecule has 24 heavy (non-hydrogen) atoms. The molecule has 3 rings (SSSR count). The Morgan fingerprint density at radius 1 is 0.875 bits per heavy atom. The van der Waals surface area contributed by atoms with Crippen molar-refractivity contribution in [2.75, 3.05) is 6.61 Å². The van der Waals surface area contributed by atoms with E-state index in [0.29, 0.717) is 6.73 Å². The summed E-state index contributed by atoms with van der Waals surface area (Å²) in [5.41, 5.74) is 0. The minimum absolute atomic E-state index is 0. The smallest absolute Gasteiger partial charge is 0.159 e. The van der Waals surface area contributed by atoms with Crippen molar-refractivity contribution in [3.05, 3.63) is 49.1 Å². The van der Waals surface area contributed by atoms with Crippen LogP contribution in [0.25, 0.3) is 0 Å². The fraction of sp³-hybridized carbons (Fsp3) is 0.579. The van der Waals surface area contributed by atoms with E-state index >= 15 is 0 Å². The van der Waals surface area contributed by atoms with E-state index in [1.165, 1.54) is 12.8 Å². The quantitative estimate of drug-likeness (QED) is 0.853. The molecule has 3 heterocycles. The van der Waals surface area contributed by atoms with Crippen LogP contribution in [0.3, 0.4) is 0 Å². The molecule has 1 atom stereocenters. The highest BCUT2D eigenvalue weighted by molar-refractivity contribution is 4.89. The molecule has 1 aliphatic heterocycles. The van der Waals surface area contributed by atoms with Crippen molar-refractivity contribution in [1.82, 2.24) is 9.13 Å². The predicted octanol–water partition coefficient (Wildman–Crippen LogP) is 4.97. The van der Waals surface area contributed by atoms with Crippen LogP contribution in [0.2, 0.25) is 0 Å². The van der Waals surface area contributed by atoms with Gasteiger partial charge in [0, 0.05) is 31.4 Å². The zero-order valence-corrected chi connectivity index (χ0v) is 11.6. The first-order chi connectivity index (χ1) is 9.88. The number of rotatable bonds is 4. The molecule has 0 spiro atoms. The fourth-order valence-corrected chi connectivity index (χ4v) is 1.93. The number of aliphatic hydroxyl groups excluding tert-OH is 1. The molecule has 5 heteroatoms. The van der Waals surface area contributed by atoms with Gasteiger partial charge in [0.1, 0.15) is 13.5 Å². The van der Waals surface area contributed by atoms with Crippen molar-refractivity contribution in [1.29, 1.82) is 0 Å². The molecule has 5 nitrogen and oxygen atoms in total. The number of hydrogen-bond donors (Lipinski definition) is 1. The van der Waals surface area contributed by atoms with Crippen LogP contribution in [0, 0.1) is 0 Å². The molecule has 0 radical (unpaired) electrons. The molecule has 1 aliphatic rings. The predicted molar refractivity (Wildman–Crippen MR) is 103 cm³/mol. The summed E-state index contributed by atoms with van der Waals surface area (Å²) in [6, 6.07) is 7.72. The summed E-state index contributed by atoms with van der Waals surface area (Å²) in [6.45, 7) is 1.51. The van der Waals surface area contributed by atoms with E-state index in [1.54, 1.807) is 17.0 Å². The second-order valence-corrected chi connectivity index (χ2v) is 4.63. The van der Waals surface area contributed by atoms with Crippen LogP contribution in [0.1, 0.15) is 49.0 Å². The van der Waals surface area contributed by atoms with Crippen LogP contribution < -0.4 is 0 Å². The van der Waals surface area contributed by atoms with Crippen molar-refractivity contribution in [2.24, 2.45) is 0 Å². The summed E-state index contributed by atoms with van der Waals surface area (Å²) >= 11 is 0. The maximum Gasteiger partial charge on any atom is 0.159 e. The van der Waals surface area contributed by atoms with Crippen molar-refractivity contribution in [3.63, 3.8) is 0 Å². The zero-order valence-electron chi connectivity index (χ0n) is 11.6. The number of ether oxygens (including phenoxy) is 2. The molecule has 2 aromatic rings. The Labute approximate surface area is 148 Å². The molecule has 1 N–H and O–H groups in total. The normalized spacial score (nSPS) is 15.3. The lowest BCUT2D eigenvalue weighted by molar-refractivity contribution is -0.180. The molecule has 0 amide bonds. The third-order valence-corrected chi connectivity index (χ3v) is 3.04.